The number of hydrogen-bond donors (Lipinski definition) is 1. The average molecular weight is 259 g/mol. The van der Waals surface area contributed by atoms with E-state index in [4.69, 9.17) is 15.2 Å². The Bertz CT molecular complexity index is 329. The summed E-state index contributed by atoms with van der Waals surface area (Å²) in [4.78, 5) is 4.13. The molecular weight excluding hydrogens is 248 g/mol. The van der Waals surface area contributed by atoms with Gasteiger partial charge in [0.25, 0.3) is 0 Å². The first-order valence-corrected chi connectivity index (χ1v) is 5.18. The molecule has 14 heavy (non-hydrogen) atoms. The van der Waals surface area contributed by atoms with Crippen LogP contribution in [0.2, 0.25) is 0 Å². The lowest BCUT2D eigenvalue weighted by molar-refractivity contribution is -0.0813. The first-order chi connectivity index (χ1) is 6.79. The zero-order valence-electron chi connectivity index (χ0n) is 7.57. The number of nitrogens with two attached hydrogens (primary N) is 1. The Morgan fingerprint density at radius 1 is 1.64 bits per heavy atom. The molecule has 0 aliphatic carbocycles. The molecule has 2 heterocycles. The fraction of sp³-hybridized carbons (Fsp3) is 0.444. The molecule has 0 unspecified atom stereocenters. The maximum atomic E-state index is 5.56. The van der Waals surface area contributed by atoms with E-state index >= 15 is 0 Å². The second-order valence-corrected chi connectivity index (χ2v) is 3.95. The molecule has 1 aliphatic rings. The van der Waals surface area contributed by atoms with Crippen LogP contribution in [0.3, 0.4) is 0 Å². The van der Waals surface area contributed by atoms with Crippen LogP contribution in [0.1, 0.15) is 5.56 Å². The molecule has 1 aromatic rings. The van der Waals surface area contributed by atoms with Crippen molar-refractivity contribution in [3.63, 3.8) is 0 Å². The van der Waals surface area contributed by atoms with E-state index in [1.54, 1.807) is 6.20 Å². The fourth-order valence-electron chi connectivity index (χ4n) is 1.13. The molecule has 5 heteroatoms. The standard InChI is InChI=1S/C9H11BrN2O2/c10-8-3-12-9(1-6(8)2-11)14-7-4-13-5-7/h1,3,7H,2,4-5,11H2. The van der Waals surface area contributed by atoms with Crippen LogP contribution in [0, 0.1) is 0 Å². The Balaban J connectivity index is 2.09. The lowest BCUT2D eigenvalue weighted by Crippen LogP contribution is -2.38. The molecule has 0 aromatic carbocycles. The predicted octanol–water partition coefficient (Wildman–Crippen LogP) is 1.08. The van der Waals surface area contributed by atoms with Crippen molar-refractivity contribution in [2.24, 2.45) is 5.73 Å². The third-order valence-corrected chi connectivity index (χ3v) is 2.74. The maximum absolute atomic E-state index is 5.56. The summed E-state index contributed by atoms with van der Waals surface area (Å²) in [7, 11) is 0. The first-order valence-electron chi connectivity index (χ1n) is 4.38. The quantitative estimate of drug-likeness (QED) is 0.882. The minimum atomic E-state index is 0.147. The Morgan fingerprint density at radius 2 is 2.43 bits per heavy atom. The van der Waals surface area contributed by atoms with Crippen molar-refractivity contribution in [3.05, 3.63) is 22.3 Å². The van der Waals surface area contributed by atoms with E-state index < -0.39 is 0 Å². The lowest BCUT2D eigenvalue weighted by atomic mass is 10.2. The van der Waals surface area contributed by atoms with E-state index in [0.717, 1.165) is 10.0 Å². The number of ether oxygens (including phenoxy) is 2. The van der Waals surface area contributed by atoms with E-state index in [0.29, 0.717) is 25.6 Å². The van der Waals surface area contributed by atoms with Gasteiger partial charge in [0.05, 0.1) is 13.2 Å². The van der Waals surface area contributed by atoms with E-state index in [2.05, 4.69) is 20.9 Å². The molecule has 0 atom stereocenters. The Morgan fingerprint density at radius 3 is 3.00 bits per heavy atom. The van der Waals surface area contributed by atoms with Crippen LogP contribution in [-0.4, -0.2) is 24.3 Å². The van der Waals surface area contributed by atoms with Gasteiger partial charge in [-0.3, -0.25) is 0 Å². The van der Waals surface area contributed by atoms with E-state index in [1.165, 1.54) is 0 Å². The summed E-state index contributed by atoms with van der Waals surface area (Å²) in [5, 5.41) is 0. The third kappa shape index (κ3) is 2.05. The number of pyridine rings is 1. The van der Waals surface area contributed by atoms with E-state index in [9.17, 15) is 0 Å². The summed E-state index contributed by atoms with van der Waals surface area (Å²) in [5.41, 5.74) is 6.55. The lowest BCUT2D eigenvalue weighted by Gasteiger charge is -2.26. The van der Waals surface area contributed by atoms with Gasteiger partial charge in [0.2, 0.25) is 5.88 Å². The largest absolute Gasteiger partial charge is 0.469 e. The van der Waals surface area contributed by atoms with Crippen molar-refractivity contribution in [1.82, 2.24) is 4.98 Å². The van der Waals surface area contributed by atoms with Gasteiger partial charge in [-0.25, -0.2) is 4.98 Å². The van der Waals surface area contributed by atoms with Crippen LogP contribution in [0.15, 0.2) is 16.7 Å². The summed E-state index contributed by atoms with van der Waals surface area (Å²) in [6, 6.07) is 1.85. The van der Waals surface area contributed by atoms with Gasteiger partial charge in [-0.1, -0.05) is 0 Å². The Hall–Kier alpha value is -0.650. The van der Waals surface area contributed by atoms with E-state index in [-0.39, 0.29) is 6.10 Å². The second kappa shape index (κ2) is 4.25. The maximum Gasteiger partial charge on any atom is 0.214 e. The van der Waals surface area contributed by atoms with Gasteiger partial charge in [-0.05, 0) is 21.5 Å². The highest BCUT2D eigenvalue weighted by Gasteiger charge is 2.20. The molecule has 0 spiro atoms. The minimum Gasteiger partial charge on any atom is -0.469 e. The van der Waals surface area contributed by atoms with Gasteiger partial charge >= 0.3 is 0 Å². The average Bonchev–Trinajstić information content (AvgIpc) is 2.14. The van der Waals surface area contributed by atoms with Crippen LogP contribution in [-0.2, 0) is 11.3 Å². The van der Waals surface area contributed by atoms with Crippen molar-refractivity contribution >= 4 is 15.9 Å². The van der Waals surface area contributed by atoms with Crippen LogP contribution in [0.25, 0.3) is 0 Å². The van der Waals surface area contributed by atoms with Crippen molar-refractivity contribution < 1.29 is 9.47 Å². The molecule has 0 amide bonds. The molecule has 0 bridgehead atoms. The molecule has 0 radical (unpaired) electrons. The first kappa shape index (κ1) is 9.89. The summed E-state index contributed by atoms with van der Waals surface area (Å²) >= 11 is 3.37. The molecule has 4 nitrogen and oxygen atoms in total. The summed E-state index contributed by atoms with van der Waals surface area (Å²) in [5.74, 6) is 0.613. The Labute approximate surface area is 90.5 Å². The number of rotatable bonds is 3. The number of aromatic nitrogens is 1. The smallest absolute Gasteiger partial charge is 0.214 e. The minimum absolute atomic E-state index is 0.147. The summed E-state index contributed by atoms with van der Waals surface area (Å²) in [6.45, 7) is 1.77. The van der Waals surface area contributed by atoms with Crippen molar-refractivity contribution in [3.8, 4) is 5.88 Å². The van der Waals surface area contributed by atoms with Gasteiger partial charge < -0.3 is 15.2 Å². The summed E-state index contributed by atoms with van der Waals surface area (Å²) in [6.07, 6.45) is 1.85. The van der Waals surface area contributed by atoms with Crippen molar-refractivity contribution in [2.75, 3.05) is 13.2 Å². The monoisotopic (exact) mass is 258 g/mol. The SMILES string of the molecule is NCc1cc(OC2COC2)ncc1Br. The van der Waals surface area contributed by atoms with Crippen LogP contribution in [0.4, 0.5) is 0 Å². The van der Waals surface area contributed by atoms with Crippen LogP contribution in [0.5, 0.6) is 5.88 Å². The van der Waals surface area contributed by atoms with Gasteiger partial charge in [-0.15, -0.1) is 0 Å². The molecule has 1 fully saturated rings. The molecule has 2 rings (SSSR count). The molecule has 2 N–H and O–H groups in total. The number of nitrogens with zero attached hydrogens (tertiary/aromatic N) is 1. The number of halogens is 1. The fourth-order valence-corrected chi connectivity index (χ4v) is 1.51. The van der Waals surface area contributed by atoms with Gasteiger partial charge in [-0.2, -0.15) is 0 Å². The normalized spacial score (nSPS) is 16.4. The molecule has 76 valence electrons. The van der Waals surface area contributed by atoms with Crippen LogP contribution < -0.4 is 10.5 Å². The van der Waals surface area contributed by atoms with Crippen LogP contribution >= 0.6 is 15.9 Å². The van der Waals surface area contributed by atoms with Crippen molar-refractivity contribution in [1.29, 1.82) is 0 Å². The van der Waals surface area contributed by atoms with Gasteiger partial charge in [0, 0.05) is 23.3 Å². The van der Waals surface area contributed by atoms with Gasteiger partial charge in [0.15, 0.2) is 0 Å². The zero-order valence-corrected chi connectivity index (χ0v) is 9.16. The molecule has 0 saturated carbocycles. The van der Waals surface area contributed by atoms with Gasteiger partial charge in [0.1, 0.15) is 6.10 Å². The molecule has 1 saturated heterocycles. The highest BCUT2D eigenvalue weighted by atomic mass is 79.9. The summed E-state index contributed by atoms with van der Waals surface area (Å²) < 4.78 is 11.4. The topological polar surface area (TPSA) is 57.4 Å². The predicted molar refractivity (Wildman–Crippen MR) is 55.1 cm³/mol. The van der Waals surface area contributed by atoms with Crippen molar-refractivity contribution in [2.45, 2.75) is 12.6 Å². The van der Waals surface area contributed by atoms with E-state index in [1.807, 2.05) is 6.07 Å². The molecule has 1 aliphatic heterocycles. The third-order valence-electron chi connectivity index (χ3n) is 2.02. The number of hydrogen-bond acceptors (Lipinski definition) is 4. The zero-order chi connectivity index (χ0) is 9.97. The highest BCUT2D eigenvalue weighted by molar-refractivity contribution is 9.10. The molecular formula is C9H11BrN2O2. The molecule has 1 aromatic heterocycles. The highest BCUT2D eigenvalue weighted by Crippen LogP contribution is 2.21. The Kier molecular flexibility index (Phi) is 3.00. The second-order valence-electron chi connectivity index (χ2n) is 3.10.